The smallest absolute Gasteiger partial charge is 0.261 e. The maximum absolute atomic E-state index is 12.7. The molecular weight excluding hydrogens is 398 g/mol. The number of amides is 1. The lowest BCUT2D eigenvalue weighted by molar-refractivity contribution is 0.0674. The molecule has 1 aliphatic rings. The van der Waals surface area contributed by atoms with Crippen LogP contribution in [0.1, 0.15) is 23.2 Å². The van der Waals surface area contributed by atoms with E-state index in [9.17, 15) is 13.2 Å². The summed E-state index contributed by atoms with van der Waals surface area (Å²) in [6.07, 6.45) is 2.14. The first kappa shape index (κ1) is 22.2. The Labute approximate surface area is 172 Å². The van der Waals surface area contributed by atoms with Gasteiger partial charge in [-0.25, -0.2) is 8.42 Å². The van der Waals surface area contributed by atoms with E-state index in [0.717, 1.165) is 32.5 Å². The zero-order chi connectivity index (χ0) is 19.3. The number of anilines is 1. The van der Waals surface area contributed by atoms with Crippen molar-refractivity contribution in [2.45, 2.75) is 17.7 Å². The number of halogens is 1. The summed E-state index contributed by atoms with van der Waals surface area (Å²) in [4.78, 5) is 14.8. The Kier molecular flexibility index (Phi) is 7.86. The number of benzene rings is 2. The van der Waals surface area contributed by atoms with Gasteiger partial charge in [0.1, 0.15) is 0 Å². The van der Waals surface area contributed by atoms with E-state index in [2.05, 4.69) is 10.0 Å². The maximum Gasteiger partial charge on any atom is 0.261 e. The molecule has 1 heterocycles. The maximum atomic E-state index is 12.7. The quantitative estimate of drug-likeness (QED) is 0.748. The van der Waals surface area contributed by atoms with Crippen molar-refractivity contribution in [1.29, 1.82) is 0 Å². The van der Waals surface area contributed by atoms with E-state index in [1.54, 1.807) is 42.5 Å². The number of sulfonamides is 1. The second-order valence-electron chi connectivity index (χ2n) is 6.81. The van der Waals surface area contributed by atoms with Crippen LogP contribution in [0.25, 0.3) is 0 Å². The van der Waals surface area contributed by atoms with Crippen molar-refractivity contribution in [2.24, 2.45) is 5.92 Å². The minimum Gasteiger partial charge on any atom is -0.338 e. The third-order valence-electron chi connectivity index (χ3n) is 4.74. The molecule has 1 unspecified atom stereocenters. The molecule has 0 radical (unpaired) electrons. The molecule has 3 rings (SSSR count). The van der Waals surface area contributed by atoms with Gasteiger partial charge in [0.05, 0.1) is 4.90 Å². The highest BCUT2D eigenvalue weighted by Gasteiger charge is 2.24. The first-order valence-corrected chi connectivity index (χ1v) is 10.6. The second-order valence-corrected chi connectivity index (χ2v) is 8.50. The van der Waals surface area contributed by atoms with Gasteiger partial charge in [0.2, 0.25) is 0 Å². The van der Waals surface area contributed by atoms with Crippen molar-refractivity contribution in [3.63, 3.8) is 0 Å². The van der Waals surface area contributed by atoms with Crippen molar-refractivity contribution in [3.8, 4) is 0 Å². The molecule has 8 heteroatoms. The highest BCUT2D eigenvalue weighted by molar-refractivity contribution is 7.92. The fourth-order valence-corrected chi connectivity index (χ4v) is 4.46. The van der Waals surface area contributed by atoms with Crippen LogP contribution in [0.3, 0.4) is 0 Å². The van der Waals surface area contributed by atoms with E-state index >= 15 is 0 Å². The molecule has 152 valence electrons. The molecule has 2 N–H and O–H groups in total. The largest absolute Gasteiger partial charge is 0.338 e. The van der Waals surface area contributed by atoms with E-state index in [0.29, 0.717) is 17.2 Å². The monoisotopic (exact) mass is 423 g/mol. The Bertz CT molecular complexity index is 871. The van der Waals surface area contributed by atoms with E-state index in [1.165, 1.54) is 12.1 Å². The molecule has 0 spiro atoms. The molecule has 2 aromatic rings. The number of carbonyl (C=O) groups excluding carboxylic acids is 1. The van der Waals surface area contributed by atoms with Crippen molar-refractivity contribution >= 4 is 34.0 Å². The normalized spacial score (nSPS) is 16.9. The Hall–Kier alpha value is -2.09. The van der Waals surface area contributed by atoms with Crippen molar-refractivity contribution in [1.82, 2.24) is 10.2 Å². The number of hydrogen-bond acceptors (Lipinski definition) is 4. The Morgan fingerprint density at radius 2 is 1.79 bits per heavy atom. The third kappa shape index (κ3) is 5.47. The molecule has 0 bridgehead atoms. The first-order valence-electron chi connectivity index (χ1n) is 9.11. The predicted octanol–water partition coefficient (Wildman–Crippen LogP) is 2.98. The number of piperidine rings is 1. The van der Waals surface area contributed by atoms with Crippen LogP contribution < -0.4 is 10.0 Å². The SMILES string of the molecule is CNCC1CCCN(C(=O)c2ccc(NS(=O)(=O)c3ccccc3)cc2)C1.Cl. The lowest BCUT2D eigenvalue weighted by Crippen LogP contribution is -2.42. The number of rotatable bonds is 6. The molecule has 1 fully saturated rings. The molecule has 28 heavy (non-hydrogen) atoms. The molecule has 2 aromatic carbocycles. The van der Waals surface area contributed by atoms with Crippen LogP contribution in [-0.4, -0.2) is 45.9 Å². The summed E-state index contributed by atoms with van der Waals surface area (Å²) >= 11 is 0. The predicted molar refractivity (Wildman–Crippen MR) is 113 cm³/mol. The Balaban J connectivity index is 0.00000280. The van der Waals surface area contributed by atoms with E-state index in [-0.39, 0.29) is 23.2 Å². The van der Waals surface area contributed by atoms with Gasteiger partial charge in [-0.2, -0.15) is 0 Å². The van der Waals surface area contributed by atoms with Crippen LogP contribution in [0.5, 0.6) is 0 Å². The van der Waals surface area contributed by atoms with Gasteiger partial charge in [-0.05, 0) is 68.8 Å². The third-order valence-corrected chi connectivity index (χ3v) is 6.13. The number of nitrogens with zero attached hydrogens (tertiary/aromatic N) is 1. The van der Waals surface area contributed by atoms with Crippen LogP contribution in [0, 0.1) is 5.92 Å². The van der Waals surface area contributed by atoms with E-state index in [4.69, 9.17) is 0 Å². The summed E-state index contributed by atoms with van der Waals surface area (Å²) in [6, 6.07) is 14.8. The van der Waals surface area contributed by atoms with Gasteiger partial charge in [0.25, 0.3) is 15.9 Å². The zero-order valence-corrected chi connectivity index (χ0v) is 17.4. The number of likely N-dealkylation sites (tertiary alicyclic amines) is 1. The first-order chi connectivity index (χ1) is 13.0. The summed E-state index contributed by atoms with van der Waals surface area (Å²) in [6.45, 7) is 2.42. The molecule has 6 nitrogen and oxygen atoms in total. The summed E-state index contributed by atoms with van der Waals surface area (Å²) in [5.41, 5.74) is 1.00. The van der Waals surface area contributed by atoms with Crippen LogP contribution >= 0.6 is 12.4 Å². The van der Waals surface area contributed by atoms with Crippen molar-refractivity contribution < 1.29 is 13.2 Å². The van der Waals surface area contributed by atoms with E-state index in [1.807, 2.05) is 11.9 Å². The van der Waals surface area contributed by atoms with Crippen LogP contribution in [-0.2, 0) is 10.0 Å². The van der Waals surface area contributed by atoms with Crippen LogP contribution in [0.15, 0.2) is 59.5 Å². The van der Waals surface area contributed by atoms with Crippen LogP contribution in [0.4, 0.5) is 5.69 Å². The van der Waals surface area contributed by atoms with Crippen LogP contribution in [0.2, 0.25) is 0 Å². The summed E-state index contributed by atoms with van der Waals surface area (Å²) < 4.78 is 27.3. The van der Waals surface area contributed by atoms with E-state index < -0.39 is 10.0 Å². The highest BCUT2D eigenvalue weighted by Crippen LogP contribution is 2.20. The minimum absolute atomic E-state index is 0. The van der Waals surface area contributed by atoms with Gasteiger partial charge in [-0.15, -0.1) is 12.4 Å². The summed E-state index contributed by atoms with van der Waals surface area (Å²) in [5.74, 6) is 0.470. The Morgan fingerprint density at radius 1 is 1.11 bits per heavy atom. The van der Waals surface area contributed by atoms with Gasteiger partial charge >= 0.3 is 0 Å². The topological polar surface area (TPSA) is 78.5 Å². The fraction of sp³-hybridized carbons (Fsp3) is 0.350. The standard InChI is InChI=1S/C20H25N3O3S.ClH/c1-21-14-16-6-5-13-23(15-16)20(24)17-9-11-18(12-10-17)22-27(25,26)19-7-3-2-4-8-19;/h2-4,7-12,16,21-22H,5-6,13-15H2,1H3;1H. The summed E-state index contributed by atoms with van der Waals surface area (Å²) in [7, 11) is -1.71. The molecule has 0 saturated carbocycles. The molecule has 1 atom stereocenters. The number of carbonyl (C=O) groups is 1. The molecule has 1 amide bonds. The van der Waals surface area contributed by atoms with Crippen molar-refractivity contribution in [2.75, 3.05) is 31.4 Å². The average Bonchev–Trinajstić information content (AvgIpc) is 2.69. The molecule has 0 aliphatic carbocycles. The minimum atomic E-state index is -3.63. The number of nitrogens with one attached hydrogen (secondary N) is 2. The average molecular weight is 424 g/mol. The van der Waals surface area contributed by atoms with Gasteiger partial charge in [0.15, 0.2) is 0 Å². The van der Waals surface area contributed by atoms with Gasteiger partial charge in [0, 0.05) is 24.3 Å². The summed E-state index contributed by atoms with van der Waals surface area (Å²) in [5, 5.41) is 3.18. The highest BCUT2D eigenvalue weighted by atomic mass is 35.5. The zero-order valence-electron chi connectivity index (χ0n) is 15.8. The van der Waals surface area contributed by atoms with Gasteiger partial charge in [-0.1, -0.05) is 18.2 Å². The van der Waals surface area contributed by atoms with Gasteiger partial charge in [-0.3, -0.25) is 9.52 Å². The molecule has 1 saturated heterocycles. The lowest BCUT2D eigenvalue weighted by atomic mass is 9.97. The van der Waals surface area contributed by atoms with Crippen molar-refractivity contribution in [3.05, 3.63) is 60.2 Å². The second kappa shape index (κ2) is 9.91. The van der Waals surface area contributed by atoms with Gasteiger partial charge < -0.3 is 10.2 Å². The molecular formula is C20H26ClN3O3S. The molecule has 0 aromatic heterocycles. The fourth-order valence-electron chi connectivity index (χ4n) is 3.38. The Morgan fingerprint density at radius 3 is 2.43 bits per heavy atom. The lowest BCUT2D eigenvalue weighted by Gasteiger charge is -2.32. The molecule has 1 aliphatic heterocycles. The number of hydrogen-bond donors (Lipinski definition) is 2.